The van der Waals surface area contributed by atoms with Gasteiger partial charge in [0.25, 0.3) is 0 Å². The van der Waals surface area contributed by atoms with E-state index in [1.807, 2.05) is 6.92 Å². The third-order valence-corrected chi connectivity index (χ3v) is 4.25. The zero-order chi connectivity index (χ0) is 16.3. The molecule has 0 aliphatic carbocycles. The summed E-state index contributed by atoms with van der Waals surface area (Å²) in [4.78, 5) is 26.2. The fourth-order valence-corrected chi connectivity index (χ4v) is 2.71. The quantitative estimate of drug-likeness (QED) is 0.883. The third kappa shape index (κ3) is 3.40. The summed E-state index contributed by atoms with van der Waals surface area (Å²) in [5, 5.41) is 4.31. The Kier molecular flexibility index (Phi) is 4.43. The van der Waals surface area contributed by atoms with Crippen molar-refractivity contribution in [3.05, 3.63) is 24.4 Å². The number of carbonyl (C=O) groups excluding carboxylic acids is 1. The summed E-state index contributed by atoms with van der Waals surface area (Å²) < 4.78 is 0. The number of urea groups is 1. The number of amides is 2. The van der Waals surface area contributed by atoms with Gasteiger partial charge in [0, 0.05) is 25.0 Å². The van der Waals surface area contributed by atoms with Gasteiger partial charge < -0.3 is 5.32 Å². The molecule has 0 atom stereocenters. The molecule has 0 radical (unpaired) electrons. The molecule has 0 saturated heterocycles. The summed E-state index contributed by atoms with van der Waals surface area (Å²) in [5.41, 5.74) is 0.875. The van der Waals surface area contributed by atoms with Crippen molar-refractivity contribution in [3.8, 4) is 22.9 Å². The maximum absolute atomic E-state index is 12.3. The van der Waals surface area contributed by atoms with E-state index in [2.05, 4.69) is 26.2 Å². The van der Waals surface area contributed by atoms with E-state index < -0.39 is 5.54 Å². The fourth-order valence-electron chi connectivity index (χ4n) is 1.71. The van der Waals surface area contributed by atoms with Crippen molar-refractivity contribution in [2.24, 2.45) is 0 Å². The highest BCUT2D eigenvalue weighted by Crippen LogP contribution is 2.33. The second-order valence-corrected chi connectivity index (χ2v) is 6.27. The van der Waals surface area contributed by atoms with E-state index in [0.717, 1.165) is 21.3 Å². The lowest BCUT2D eigenvalue weighted by Gasteiger charge is -2.24. The second-order valence-electron chi connectivity index (χ2n) is 5.30. The minimum absolute atomic E-state index is 0.273. The average Bonchev–Trinajstić information content (AvgIpc) is 2.89. The van der Waals surface area contributed by atoms with E-state index >= 15 is 0 Å². The topological polar surface area (TPSA) is 71.0 Å². The number of aryl methyl sites for hydroxylation is 1. The van der Waals surface area contributed by atoms with E-state index in [1.165, 1.54) is 22.6 Å². The Labute approximate surface area is 133 Å². The molecule has 2 heterocycles. The van der Waals surface area contributed by atoms with Crippen LogP contribution in [0.2, 0.25) is 0 Å². The molecule has 0 bridgehead atoms. The van der Waals surface area contributed by atoms with E-state index in [0.29, 0.717) is 0 Å². The zero-order valence-electron chi connectivity index (χ0n) is 12.9. The first-order valence-corrected chi connectivity index (χ1v) is 7.42. The smallest absolute Gasteiger partial charge is 0.322 e. The molecule has 0 aliphatic rings. The predicted octanol–water partition coefficient (Wildman–Crippen LogP) is 2.47. The number of anilines is 1. The summed E-state index contributed by atoms with van der Waals surface area (Å²) in [6.07, 6.45) is 10.2. The molecule has 0 aliphatic heterocycles. The molecule has 2 aromatic rings. The number of terminal acetylenes is 1. The minimum Gasteiger partial charge on any atom is -0.322 e. The van der Waals surface area contributed by atoms with Gasteiger partial charge in [-0.05, 0) is 20.8 Å². The van der Waals surface area contributed by atoms with Gasteiger partial charge in [0.1, 0.15) is 16.3 Å². The highest BCUT2D eigenvalue weighted by molar-refractivity contribution is 7.19. The van der Waals surface area contributed by atoms with Gasteiger partial charge in [-0.1, -0.05) is 17.3 Å². The molecule has 0 aromatic carbocycles. The van der Waals surface area contributed by atoms with Crippen molar-refractivity contribution in [1.82, 2.24) is 20.3 Å². The summed E-state index contributed by atoms with van der Waals surface area (Å²) in [6.45, 7) is 5.39. The molecule has 2 rings (SSSR count). The Morgan fingerprint density at radius 2 is 2.05 bits per heavy atom. The molecule has 2 amide bonds. The Balaban J connectivity index is 2.25. The average molecular weight is 315 g/mol. The summed E-state index contributed by atoms with van der Waals surface area (Å²) in [6, 6.07) is -0.273. The van der Waals surface area contributed by atoms with Gasteiger partial charge in [0.05, 0.1) is 11.2 Å². The molecule has 0 saturated carbocycles. The number of aromatic nitrogens is 3. The van der Waals surface area contributed by atoms with Gasteiger partial charge in [-0.2, -0.15) is 0 Å². The Morgan fingerprint density at radius 1 is 1.41 bits per heavy atom. The monoisotopic (exact) mass is 315 g/mol. The van der Waals surface area contributed by atoms with E-state index in [-0.39, 0.29) is 6.03 Å². The standard InChI is InChI=1S/C15H17N5OS/c1-6-15(3,4)19-14(21)20(5)13-10(2)18-12(22-13)11-7-16-9-17-8-11/h1,7-9H,2-5H3,(H,19,21). The molecule has 0 fully saturated rings. The van der Waals surface area contributed by atoms with Crippen molar-refractivity contribution in [3.63, 3.8) is 0 Å². The van der Waals surface area contributed by atoms with E-state index in [9.17, 15) is 4.79 Å². The van der Waals surface area contributed by atoms with Gasteiger partial charge in [0.15, 0.2) is 0 Å². The number of thiazole rings is 1. The first kappa shape index (κ1) is 15.9. The van der Waals surface area contributed by atoms with Crippen LogP contribution in [0.3, 0.4) is 0 Å². The summed E-state index contributed by atoms with van der Waals surface area (Å²) in [7, 11) is 1.69. The van der Waals surface area contributed by atoms with Gasteiger partial charge in [-0.15, -0.1) is 6.42 Å². The number of nitrogens with zero attached hydrogens (tertiary/aromatic N) is 4. The van der Waals surface area contributed by atoms with Crippen molar-refractivity contribution < 1.29 is 4.79 Å². The van der Waals surface area contributed by atoms with Crippen LogP contribution in [0.5, 0.6) is 0 Å². The molecule has 22 heavy (non-hydrogen) atoms. The van der Waals surface area contributed by atoms with Crippen LogP contribution < -0.4 is 10.2 Å². The molecular weight excluding hydrogens is 298 g/mol. The predicted molar refractivity (Wildman–Crippen MR) is 87.7 cm³/mol. The van der Waals surface area contributed by atoms with Crippen molar-refractivity contribution >= 4 is 22.4 Å². The lowest BCUT2D eigenvalue weighted by atomic mass is 10.1. The van der Waals surface area contributed by atoms with Crippen LogP contribution in [-0.4, -0.2) is 33.6 Å². The highest BCUT2D eigenvalue weighted by atomic mass is 32.1. The number of hydrogen-bond acceptors (Lipinski definition) is 5. The second kappa shape index (κ2) is 6.12. The number of carbonyl (C=O) groups is 1. The fraction of sp³-hybridized carbons (Fsp3) is 0.333. The largest absolute Gasteiger partial charge is 0.323 e. The Bertz CT molecular complexity index is 717. The van der Waals surface area contributed by atoms with Crippen molar-refractivity contribution in [2.75, 3.05) is 11.9 Å². The van der Waals surface area contributed by atoms with Crippen molar-refractivity contribution in [1.29, 1.82) is 0 Å². The van der Waals surface area contributed by atoms with Gasteiger partial charge >= 0.3 is 6.03 Å². The highest BCUT2D eigenvalue weighted by Gasteiger charge is 2.23. The lowest BCUT2D eigenvalue weighted by Crippen LogP contribution is -2.48. The number of rotatable bonds is 3. The van der Waals surface area contributed by atoms with Crippen LogP contribution in [0, 0.1) is 19.3 Å². The van der Waals surface area contributed by atoms with Gasteiger partial charge in [-0.3, -0.25) is 4.90 Å². The SMILES string of the molecule is C#CC(C)(C)NC(=O)N(C)c1sc(-c2cncnc2)nc1C. The van der Waals surface area contributed by atoms with Crippen LogP contribution >= 0.6 is 11.3 Å². The van der Waals surface area contributed by atoms with Crippen LogP contribution in [-0.2, 0) is 0 Å². The molecule has 0 unspecified atom stereocenters. The Hall–Kier alpha value is -2.46. The normalized spacial score (nSPS) is 10.9. The van der Waals surface area contributed by atoms with Crippen LogP contribution in [0.1, 0.15) is 19.5 Å². The van der Waals surface area contributed by atoms with Crippen LogP contribution in [0.4, 0.5) is 9.80 Å². The zero-order valence-corrected chi connectivity index (χ0v) is 13.7. The first-order chi connectivity index (χ1) is 10.3. The van der Waals surface area contributed by atoms with E-state index in [4.69, 9.17) is 6.42 Å². The Morgan fingerprint density at radius 3 is 2.64 bits per heavy atom. The first-order valence-electron chi connectivity index (χ1n) is 6.60. The summed E-state index contributed by atoms with van der Waals surface area (Å²) in [5.74, 6) is 2.54. The lowest BCUT2D eigenvalue weighted by molar-refractivity contribution is 0.242. The van der Waals surface area contributed by atoms with Crippen LogP contribution in [0.25, 0.3) is 10.6 Å². The van der Waals surface area contributed by atoms with E-state index in [1.54, 1.807) is 33.3 Å². The molecule has 7 heteroatoms. The molecule has 1 N–H and O–H groups in total. The van der Waals surface area contributed by atoms with Crippen molar-refractivity contribution in [2.45, 2.75) is 26.3 Å². The van der Waals surface area contributed by atoms with Gasteiger partial charge in [-0.25, -0.2) is 19.7 Å². The summed E-state index contributed by atoms with van der Waals surface area (Å²) >= 11 is 1.40. The molecule has 6 nitrogen and oxygen atoms in total. The molecule has 0 spiro atoms. The number of hydrogen-bond donors (Lipinski definition) is 1. The molecule has 2 aromatic heterocycles. The number of nitrogens with one attached hydrogen (secondary N) is 1. The maximum atomic E-state index is 12.3. The third-order valence-electron chi connectivity index (χ3n) is 2.97. The molecular formula is C15H17N5OS. The maximum Gasteiger partial charge on any atom is 0.323 e. The van der Waals surface area contributed by atoms with Crippen LogP contribution in [0.15, 0.2) is 18.7 Å². The van der Waals surface area contributed by atoms with Gasteiger partial charge in [0.2, 0.25) is 0 Å². The minimum atomic E-state index is -0.708. The molecule has 114 valence electrons.